The van der Waals surface area contributed by atoms with Crippen molar-refractivity contribution in [1.29, 1.82) is 0 Å². The molecule has 0 aromatic carbocycles. The molecule has 134 valence electrons. The monoisotopic (exact) mass is 323 g/mol. The molecule has 1 saturated heterocycles. The molecular formula is C19H37N3O. The van der Waals surface area contributed by atoms with Crippen LogP contribution < -0.4 is 5.32 Å². The summed E-state index contributed by atoms with van der Waals surface area (Å²) in [5.41, 5.74) is 0. The van der Waals surface area contributed by atoms with E-state index < -0.39 is 0 Å². The Balaban J connectivity index is 1.54. The molecule has 0 radical (unpaired) electrons. The number of nitrogens with zero attached hydrogens (tertiary/aromatic N) is 2. The Morgan fingerprint density at radius 2 is 1.87 bits per heavy atom. The Labute approximate surface area is 143 Å². The average molecular weight is 324 g/mol. The molecule has 1 N–H and O–H groups in total. The van der Waals surface area contributed by atoms with E-state index in [2.05, 4.69) is 35.9 Å². The normalized spacial score (nSPS) is 20.0. The summed E-state index contributed by atoms with van der Waals surface area (Å²) < 4.78 is 0. The number of nitrogens with one attached hydrogen (secondary N) is 1. The third-order valence-corrected chi connectivity index (χ3v) is 5.25. The van der Waals surface area contributed by atoms with Gasteiger partial charge in [0.15, 0.2) is 0 Å². The molecule has 2 rings (SSSR count). The molecule has 1 aliphatic carbocycles. The first-order valence-electron chi connectivity index (χ1n) is 9.83. The van der Waals surface area contributed by atoms with Gasteiger partial charge in [-0.3, -0.25) is 0 Å². The molecule has 0 aromatic rings. The predicted octanol–water partition coefficient (Wildman–Crippen LogP) is 3.72. The van der Waals surface area contributed by atoms with Gasteiger partial charge in [-0.05, 0) is 76.4 Å². The average Bonchev–Trinajstić information content (AvgIpc) is 3.33. The first kappa shape index (κ1) is 18.6. The van der Waals surface area contributed by atoms with Crippen LogP contribution in [0.25, 0.3) is 0 Å². The molecule has 0 aromatic heterocycles. The molecule has 2 fully saturated rings. The van der Waals surface area contributed by atoms with E-state index in [9.17, 15) is 4.79 Å². The van der Waals surface area contributed by atoms with Crippen molar-refractivity contribution < 1.29 is 4.79 Å². The summed E-state index contributed by atoms with van der Waals surface area (Å²) in [6, 6.07) is 0.684. The minimum absolute atomic E-state index is 0.167. The predicted molar refractivity (Wildman–Crippen MR) is 96.7 cm³/mol. The molecule has 0 bridgehead atoms. The number of unbranched alkanes of at least 4 members (excludes halogenated alkanes) is 1. The summed E-state index contributed by atoms with van der Waals surface area (Å²) in [5.74, 6) is 1.57. The molecule has 0 unspecified atom stereocenters. The van der Waals surface area contributed by atoms with Crippen molar-refractivity contribution >= 4 is 6.03 Å². The smallest absolute Gasteiger partial charge is 0.317 e. The van der Waals surface area contributed by atoms with Crippen LogP contribution in [-0.4, -0.2) is 54.6 Å². The quantitative estimate of drug-likeness (QED) is 0.656. The van der Waals surface area contributed by atoms with E-state index in [1.165, 1.54) is 51.7 Å². The number of amides is 2. The van der Waals surface area contributed by atoms with Gasteiger partial charge in [0.25, 0.3) is 0 Å². The fraction of sp³-hybridized carbons (Fsp3) is 0.947. The Morgan fingerprint density at radius 1 is 1.17 bits per heavy atom. The minimum atomic E-state index is 0.167. The van der Waals surface area contributed by atoms with Gasteiger partial charge in [-0.2, -0.15) is 0 Å². The van der Waals surface area contributed by atoms with Gasteiger partial charge in [0.1, 0.15) is 0 Å². The SMILES string of the molecule is CC(C)CCN(C(=O)NCCCCN1CCC(C)CC1)C1CC1. The first-order chi connectivity index (χ1) is 11.1. The number of hydrogen-bond acceptors (Lipinski definition) is 2. The lowest BCUT2D eigenvalue weighted by molar-refractivity contribution is 0.185. The zero-order valence-corrected chi connectivity index (χ0v) is 15.5. The maximum atomic E-state index is 12.3. The van der Waals surface area contributed by atoms with Gasteiger partial charge in [0.2, 0.25) is 0 Å². The number of rotatable bonds is 9. The maximum absolute atomic E-state index is 12.3. The summed E-state index contributed by atoms with van der Waals surface area (Å²) >= 11 is 0. The van der Waals surface area contributed by atoms with Crippen molar-refractivity contribution in [2.75, 3.05) is 32.7 Å². The Hall–Kier alpha value is -0.770. The van der Waals surface area contributed by atoms with Crippen LogP contribution >= 0.6 is 0 Å². The van der Waals surface area contributed by atoms with Gasteiger partial charge in [-0.15, -0.1) is 0 Å². The number of carbonyl (C=O) groups is 1. The third-order valence-electron chi connectivity index (χ3n) is 5.25. The van der Waals surface area contributed by atoms with E-state index in [1.807, 2.05) is 0 Å². The van der Waals surface area contributed by atoms with Crippen molar-refractivity contribution in [3.8, 4) is 0 Å². The van der Waals surface area contributed by atoms with Crippen LogP contribution in [0.3, 0.4) is 0 Å². The Kier molecular flexibility index (Phi) is 7.68. The van der Waals surface area contributed by atoms with E-state index in [1.54, 1.807) is 0 Å². The lowest BCUT2D eigenvalue weighted by Gasteiger charge is -2.30. The molecule has 4 nitrogen and oxygen atoms in total. The Morgan fingerprint density at radius 3 is 2.48 bits per heavy atom. The van der Waals surface area contributed by atoms with Crippen LogP contribution in [0.2, 0.25) is 0 Å². The largest absolute Gasteiger partial charge is 0.338 e. The molecular weight excluding hydrogens is 286 g/mol. The number of hydrogen-bond donors (Lipinski definition) is 1. The zero-order chi connectivity index (χ0) is 16.7. The van der Waals surface area contributed by atoms with Crippen LogP contribution in [0.4, 0.5) is 4.79 Å². The molecule has 1 aliphatic heterocycles. The van der Waals surface area contributed by atoms with Crippen LogP contribution in [-0.2, 0) is 0 Å². The molecule has 0 spiro atoms. The highest BCUT2D eigenvalue weighted by Gasteiger charge is 2.32. The summed E-state index contributed by atoms with van der Waals surface area (Å²) in [5, 5.41) is 3.14. The van der Waals surface area contributed by atoms with Crippen molar-refractivity contribution in [3.63, 3.8) is 0 Å². The summed E-state index contributed by atoms with van der Waals surface area (Å²) in [7, 11) is 0. The summed E-state index contributed by atoms with van der Waals surface area (Å²) in [4.78, 5) is 17.0. The molecule has 2 aliphatic rings. The lowest BCUT2D eigenvalue weighted by Crippen LogP contribution is -2.42. The highest BCUT2D eigenvalue weighted by Crippen LogP contribution is 2.27. The highest BCUT2D eigenvalue weighted by atomic mass is 16.2. The summed E-state index contributed by atoms with van der Waals surface area (Å²) in [6.07, 6.45) is 8.49. The molecule has 1 heterocycles. The van der Waals surface area contributed by atoms with Crippen LogP contribution in [0.1, 0.15) is 65.7 Å². The first-order valence-corrected chi connectivity index (χ1v) is 9.83. The molecule has 23 heavy (non-hydrogen) atoms. The topological polar surface area (TPSA) is 35.6 Å². The van der Waals surface area contributed by atoms with Gasteiger partial charge >= 0.3 is 6.03 Å². The van der Waals surface area contributed by atoms with Gasteiger partial charge < -0.3 is 15.1 Å². The van der Waals surface area contributed by atoms with E-state index in [0.717, 1.165) is 31.8 Å². The highest BCUT2D eigenvalue weighted by molar-refractivity contribution is 5.74. The van der Waals surface area contributed by atoms with E-state index in [-0.39, 0.29) is 6.03 Å². The van der Waals surface area contributed by atoms with Crippen molar-refractivity contribution in [1.82, 2.24) is 15.1 Å². The number of urea groups is 1. The molecule has 2 amide bonds. The number of likely N-dealkylation sites (tertiary alicyclic amines) is 1. The van der Waals surface area contributed by atoms with E-state index in [4.69, 9.17) is 0 Å². The minimum Gasteiger partial charge on any atom is -0.338 e. The lowest BCUT2D eigenvalue weighted by atomic mass is 9.99. The van der Waals surface area contributed by atoms with E-state index >= 15 is 0 Å². The molecule has 4 heteroatoms. The van der Waals surface area contributed by atoms with E-state index in [0.29, 0.717) is 12.0 Å². The number of piperidine rings is 1. The fourth-order valence-electron chi connectivity index (χ4n) is 3.28. The maximum Gasteiger partial charge on any atom is 0.317 e. The summed E-state index contributed by atoms with van der Waals surface area (Å²) in [6.45, 7) is 12.3. The standard InChI is InChI=1S/C19H37N3O/c1-16(2)8-15-22(18-6-7-18)19(23)20-11-4-5-12-21-13-9-17(3)10-14-21/h16-18H,4-15H2,1-3H3,(H,20,23). The molecule has 0 atom stereocenters. The van der Waals surface area contributed by atoms with Gasteiger partial charge in [-0.25, -0.2) is 4.79 Å². The zero-order valence-electron chi connectivity index (χ0n) is 15.5. The van der Waals surface area contributed by atoms with Crippen LogP contribution in [0.5, 0.6) is 0 Å². The van der Waals surface area contributed by atoms with Crippen molar-refractivity contribution in [2.24, 2.45) is 11.8 Å². The van der Waals surface area contributed by atoms with Crippen molar-refractivity contribution in [2.45, 2.75) is 71.8 Å². The van der Waals surface area contributed by atoms with Crippen molar-refractivity contribution in [3.05, 3.63) is 0 Å². The molecule has 1 saturated carbocycles. The second-order valence-corrected chi connectivity index (χ2v) is 8.07. The second-order valence-electron chi connectivity index (χ2n) is 8.07. The van der Waals surface area contributed by atoms with Crippen LogP contribution in [0, 0.1) is 11.8 Å². The fourth-order valence-corrected chi connectivity index (χ4v) is 3.28. The van der Waals surface area contributed by atoms with Gasteiger partial charge in [0, 0.05) is 19.1 Å². The third kappa shape index (κ3) is 7.11. The van der Waals surface area contributed by atoms with Gasteiger partial charge in [-0.1, -0.05) is 20.8 Å². The number of carbonyl (C=O) groups excluding carboxylic acids is 1. The van der Waals surface area contributed by atoms with Crippen LogP contribution in [0.15, 0.2) is 0 Å². The second kappa shape index (κ2) is 9.51. The Bertz CT molecular complexity index is 347. The van der Waals surface area contributed by atoms with Gasteiger partial charge in [0.05, 0.1) is 0 Å².